The average molecular weight is 613 g/mol. The number of halogens is 1. The number of thiocarbonyl (C=S) groups is 1. The van der Waals surface area contributed by atoms with Gasteiger partial charge in [-0.05, 0) is 67.5 Å². The maximum absolute atomic E-state index is 13.5. The van der Waals surface area contributed by atoms with Gasteiger partial charge in [-0.15, -0.1) is 0 Å². The molecule has 1 aliphatic heterocycles. The molecule has 1 aliphatic rings. The molecule has 0 aromatic heterocycles. The van der Waals surface area contributed by atoms with Gasteiger partial charge in [0.05, 0.1) is 22.2 Å². The van der Waals surface area contributed by atoms with Crippen LogP contribution in [0.1, 0.15) is 11.1 Å². The van der Waals surface area contributed by atoms with Gasteiger partial charge >= 0.3 is 0 Å². The number of ether oxygens (including phenoxy) is 2. The van der Waals surface area contributed by atoms with Crippen molar-refractivity contribution in [3.05, 3.63) is 118 Å². The Kier molecular flexibility index (Phi) is 7.12. The lowest BCUT2D eigenvalue weighted by Gasteiger charge is -2.17. The summed E-state index contributed by atoms with van der Waals surface area (Å²) < 4.78 is 13.2. The molecule has 5 aromatic carbocycles. The number of carbonyl (C=O) groups is 1. The van der Waals surface area contributed by atoms with Crippen molar-refractivity contribution in [1.82, 2.24) is 0 Å². The molecule has 192 valence electrons. The molecule has 4 nitrogen and oxygen atoms in total. The Morgan fingerprint density at radius 3 is 2.33 bits per heavy atom. The number of methoxy groups -OCH3 is 1. The second-order valence-corrected chi connectivity index (χ2v) is 11.5. The summed E-state index contributed by atoms with van der Waals surface area (Å²) in [5, 5.41) is 4.36. The van der Waals surface area contributed by atoms with E-state index in [1.807, 2.05) is 78.9 Å². The van der Waals surface area contributed by atoms with Gasteiger partial charge in [0.1, 0.15) is 6.61 Å². The molecule has 1 fully saturated rings. The molecule has 0 bridgehead atoms. The largest absolute Gasteiger partial charge is 0.493 e. The molecule has 7 heteroatoms. The first kappa shape index (κ1) is 25.6. The predicted molar refractivity (Wildman–Crippen MR) is 169 cm³/mol. The summed E-state index contributed by atoms with van der Waals surface area (Å²) in [6.07, 6.45) is 1.84. The van der Waals surface area contributed by atoms with Crippen LogP contribution in [0.15, 0.2) is 106 Å². The highest BCUT2D eigenvalue weighted by Crippen LogP contribution is 2.41. The SMILES string of the molecule is COc1cc(/C=C2\SC(=S)N(c3cccc4ccccc34)C2=O)cc(Br)c1OCc1cccc2ccccc12. The quantitative estimate of drug-likeness (QED) is 0.142. The van der Waals surface area contributed by atoms with Crippen LogP contribution in [0.5, 0.6) is 11.5 Å². The summed E-state index contributed by atoms with van der Waals surface area (Å²) in [6, 6.07) is 32.1. The fourth-order valence-electron chi connectivity index (χ4n) is 4.76. The first-order valence-corrected chi connectivity index (χ1v) is 14.3. The van der Waals surface area contributed by atoms with Gasteiger partial charge in [-0.25, -0.2) is 0 Å². The van der Waals surface area contributed by atoms with Crippen LogP contribution in [-0.4, -0.2) is 17.3 Å². The Labute approximate surface area is 244 Å². The second kappa shape index (κ2) is 10.8. The fourth-order valence-corrected chi connectivity index (χ4v) is 6.62. The molecule has 0 unspecified atom stereocenters. The van der Waals surface area contributed by atoms with E-state index in [1.54, 1.807) is 12.0 Å². The van der Waals surface area contributed by atoms with Crippen LogP contribution in [0.4, 0.5) is 5.69 Å². The van der Waals surface area contributed by atoms with Crippen molar-refractivity contribution >= 4 is 83.4 Å². The molecule has 0 atom stereocenters. The second-order valence-electron chi connectivity index (χ2n) is 8.98. The van der Waals surface area contributed by atoms with Crippen molar-refractivity contribution in [1.29, 1.82) is 0 Å². The number of rotatable bonds is 6. The minimum atomic E-state index is -0.146. The number of hydrogen-bond donors (Lipinski definition) is 0. The summed E-state index contributed by atoms with van der Waals surface area (Å²) in [4.78, 5) is 15.7. The molecule has 0 aliphatic carbocycles. The van der Waals surface area contributed by atoms with Crippen molar-refractivity contribution in [2.75, 3.05) is 12.0 Å². The molecule has 6 rings (SSSR count). The highest BCUT2D eigenvalue weighted by atomic mass is 79.9. The highest BCUT2D eigenvalue weighted by Gasteiger charge is 2.34. The normalized spacial score (nSPS) is 14.5. The number of anilines is 1. The van der Waals surface area contributed by atoms with Crippen LogP contribution in [0.2, 0.25) is 0 Å². The van der Waals surface area contributed by atoms with Gasteiger partial charge in [-0.3, -0.25) is 9.69 Å². The number of hydrogen-bond acceptors (Lipinski definition) is 5. The van der Waals surface area contributed by atoms with Crippen LogP contribution in [0.25, 0.3) is 27.6 Å². The Morgan fingerprint density at radius 1 is 0.897 bits per heavy atom. The van der Waals surface area contributed by atoms with Gasteiger partial charge in [0.15, 0.2) is 15.8 Å². The number of benzene rings is 5. The Bertz CT molecular complexity index is 1790. The molecule has 1 saturated heterocycles. The van der Waals surface area contributed by atoms with Crippen LogP contribution in [0.3, 0.4) is 0 Å². The summed E-state index contributed by atoms with van der Waals surface area (Å²) >= 11 is 10.6. The number of amides is 1. The lowest BCUT2D eigenvalue weighted by Crippen LogP contribution is -2.27. The number of fused-ring (bicyclic) bond motifs is 2. The first-order valence-electron chi connectivity index (χ1n) is 12.3. The van der Waals surface area contributed by atoms with Gasteiger partial charge < -0.3 is 9.47 Å². The topological polar surface area (TPSA) is 38.8 Å². The van der Waals surface area contributed by atoms with E-state index in [-0.39, 0.29) is 5.91 Å². The van der Waals surface area contributed by atoms with Crippen molar-refractivity contribution in [3.63, 3.8) is 0 Å². The highest BCUT2D eigenvalue weighted by molar-refractivity contribution is 9.10. The lowest BCUT2D eigenvalue weighted by atomic mass is 10.1. The maximum Gasteiger partial charge on any atom is 0.270 e. The molecule has 5 aromatic rings. The van der Waals surface area contributed by atoms with E-state index < -0.39 is 0 Å². The number of nitrogens with zero attached hydrogens (tertiary/aromatic N) is 1. The molecular weight excluding hydrogens is 590 g/mol. The fraction of sp³-hybridized carbons (Fsp3) is 0.0625. The molecule has 1 amide bonds. The van der Waals surface area contributed by atoms with Gasteiger partial charge in [-0.2, -0.15) is 0 Å². The molecular formula is C32H22BrNO3S2. The van der Waals surface area contributed by atoms with E-state index in [4.69, 9.17) is 21.7 Å². The van der Waals surface area contributed by atoms with Crippen molar-refractivity contribution < 1.29 is 14.3 Å². The molecule has 0 saturated carbocycles. The van der Waals surface area contributed by atoms with E-state index in [0.29, 0.717) is 27.3 Å². The zero-order valence-electron chi connectivity index (χ0n) is 20.9. The van der Waals surface area contributed by atoms with E-state index in [0.717, 1.165) is 37.4 Å². The van der Waals surface area contributed by atoms with E-state index in [9.17, 15) is 4.79 Å². The third-order valence-corrected chi connectivity index (χ3v) is 8.49. The Balaban J connectivity index is 1.28. The zero-order chi connectivity index (χ0) is 26.9. The standard InChI is InChI=1S/C32H22BrNO3S2/c1-36-28-17-20(16-26(33)30(28)37-19-23-12-6-10-21-8-2-4-13-24(21)23)18-29-31(35)34(32(38)39-29)27-15-7-11-22-9-3-5-14-25(22)27/h2-18H,19H2,1H3/b29-18-. The van der Waals surface area contributed by atoms with Gasteiger partial charge in [-0.1, -0.05) is 103 Å². The first-order chi connectivity index (χ1) is 19.0. The maximum atomic E-state index is 13.5. The van der Waals surface area contributed by atoms with Crippen LogP contribution >= 0.6 is 39.9 Å². The minimum absolute atomic E-state index is 0.146. The van der Waals surface area contributed by atoms with Crippen LogP contribution in [-0.2, 0) is 11.4 Å². The van der Waals surface area contributed by atoms with Gasteiger partial charge in [0.2, 0.25) is 0 Å². The third kappa shape index (κ3) is 4.93. The molecule has 0 spiro atoms. The Hall–Kier alpha value is -3.65. The van der Waals surface area contributed by atoms with Gasteiger partial charge in [0, 0.05) is 5.39 Å². The summed E-state index contributed by atoms with van der Waals surface area (Å²) in [7, 11) is 1.61. The zero-order valence-corrected chi connectivity index (χ0v) is 24.1. The molecule has 0 radical (unpaired) electrons. The lowest BCUT2D eigenvalue weighted by molar-refractivity contribution is -0.113. The Morgan fingerprint density at radius 2 is 1.56 bits per heavy atom. The molecule has 39 heavy (non-hydrogen) atoms. The van der Waals surface area contributed by atoms with Crippen molar-refractivity contribution in [2.24, 2.45) is 0 Å². The minimum Gasteiger partial charge on any atom is -0.493 e. The predicted octanol–water partition coefficient (Wildman–Crippen LogP) is 8.75. The molecule has 1 heterocycles. The smallest absolute Gasteiger partial charge is 0.270 e. The van der Waals surface area contributed by atoms with E-state index >= 15 is 0 Å². The molecule has 0 N–H and O–H groups in total. The van der Waals surface area contributed by atoms with Gasteiger partial charge in [0.25, 0.3) is 5.91 Å². The average Bonchev–Trinajstić information content (AvgIpc) is 3.23. The number of carbonyl (C=O) groups excluding carboxylic acids is 1. The van der Waals surface area contributed by atoms with E-state index in [1.165, 1.54) is 17.1 Å². The summed E-state index contributed by atoms with van der Waals surface area (Å²) in [5.41, 5.74) is 2.67. The number of thioether (sulfide) groups is 1. The third-order valence-electron chi connectivity index (χ3n) is 6.60. The van der Waals surface area contributed by atoms with Crippen LogP contribution in [0, 0.1) is 0 Å². The summed E-state index contributed by atoms with van der Waals surface area (Å²) in [6.45, 7) is 0.388. The van der Waals surface area contributed by atoms with Crippen LogP contribution < -0.4 is 14.4 Å². The van der Waals surface area contributed by atoms with Crippen molar-refractivity contribution in [2.45, 2.75) is 6.61 Å². The van der Waals surface area contributed by atoms with Crippen molar-refractivity contribution in [3.8, 4) is 11.5 Å². The summed E-state index contributed by atoms with van der Waals surface area (Å²) in [5.74, 6) is 1.03. The monoisotopic (exact) mass is 611 g/mol. The van der Waals surface area contributed by atoms with E-state index in [2.05, 4.69) is 40.2 Å².